The van der Waals surface area contributed by atoms with Crippen molar-refractivity contribution in [1.29, 1.82) is 0 Å². The minimum atomic E-state index is -1.05. The van der Waals surface area contributed by atoms with Gasteiger partial charge in [-0.1, -0.05) is 41.7 Å². The Kier molecular flexibility index (Phi) is 3.81. The first-order chi connectivity index (χ1) is 12.5. The summed E-state index contributed by atoms with van der Waals surface area (Å²) in [6, 6.07) is 12.2. The van der Waals surface area contributed by atoms with Gasteiger partial charge in [0.25, 0.3) is 5.91 Å². The van der Waals surface area contributed by atoms with Crippen molar-refractivity contribution >= 4 is 38.4 Å². The number of carbonyl (C=O) groups is 2. The van der Waals surface area contributed by atoms with Crippen molar-refractivity contribution in [3.8, 4) is 0 Å². The molecule has 5 nitrogen and oxygen atoms in total. The fourth-order valence-corrected chi connectivity index (χ4v) is 4.11. The Labute approximate surface area is 152 Å². The van der Waals surface area contributed by atoms with Crippen LogP contribution in [0.15, 0.2) is 59.9 Å². The van der Waals surface area contributed by atoms with Crippen LogP contribution in [0.4, 0.5) is 9.52 Å². The number of Topliss-reactive ketones (excluding diaryl/α,β-unsaturated/α-hetero) is 1. The van der Waals surface area contributed by atoms with E-state index in [1.54, 1.807) is 12.1 Å². The summed E-state index contributed by atoms with van der Waals surface area (Å²) in [5.41, 5.74) is 0.692. The number of para-hydroxylation sites is 1. The summed E-state index contributed by atoms with van der Waals surface area (Å²) in [5.74, 6) is -2.48. The standard InChI is InChI=1S/C19H13FN2O3S/c1-10(23)15-16(11-6-2-3-7-12(11)20)22(18(25)17(15)24)19-21-13-8-4-5-9-14(13)26-19/h2-9,16,24H,1H3/t16-/m1/s1. The minimum Gasteiger partial charge on any atom is -0.503 e. The SMILES string of the molecule is CC(=O)C1=C(O)C(=O)N(c2nc3ccccc3s2)[C@@H]1c1ccccc1F. The van der Waals surface area contributed by atoms with E-state index in [1.165, 1.54) is 41.4 Å². The molecule has 0 unspecified atom stereocenters. The van der Waals surface area contributed by atoms with Crippen molar-refractivity contribution in [3.63, 3.8) is 0 Å². The lowest BCUT2D eigenvalue weighted by Gasteiger charge is -2.24. The van der Waals surface area contributed by atoms with Crippen LogP contribution in [0.1, 0.15) is 18.5 Å². The Morgan fingerprint density at radius 3 is 2.58 bits per heavy atom. The van der Waals surface area contributed by atoms with Crippen LogP contribution >= 0.6 is 11.3 Å². The molecule has 0 saturated heterocycles. The number of aromatic nitrogens is 1. The summed E-state index contributed by atoms with van der Waals surface area (Å²) in [6.45, 7) is 1.24. The topological polar surface area (TPSA) is 70.5 Å². The molecule has 1 aliphatic rings. The maximum atomic E-state index is 14.5. The Morgan fingerprint density at radius 2 is 1.88 bits per heavy atom. The zero-order valence-corrected chi connectivity index (χ0v) is 14.5. The van der Waals surface area contributed by atoms with Gasteiger partial charge in [-0.05, 0) is 25.1 Å². The lowest BCUT2D eigenvalue weighted by molar-refractivity contribution is -0.117. The molecule has 2 heterocycles. The van der Waals surface area contributed by atoms with E-state index in [1.807, 2.05) is 18.2 Å². The quantitative estimate of drug-likeness (QED) is 0.761. The number of fused-ring (bicyclic) bond motifs is 1. The molecule has 130 valence electrons. The lowest BCUT2D eigenvalue weighted by atomic mass is 9.96. The van der Waals surface area contributed by atoms with Gasteiger partial charge in [0.05, 0.1) is 15.8 Å². The number of benzene rings is 2. The molecule has 4 rings (SSSR count). The average Bonchev–Trinajstić information content (AvgIpc) is 3.14. The highest BCUT2D eigenvalue weighted by molar-refractivity contribution is 7.22. The number of nitrogens with zero attached hydrogens (tertiary/aromatic N) is 2. The second-order valence-electron chi connectivity index (χ2n) is 5.88. The third-order valence-corrected chi connectivity index (χ3v) is 5.31. The van der Waals surface area contributed by atoms with E-state index in [2.05, 4.69) is 4.98 Å². The lowest BCUT2D eigenvalue weighted by Crippen LogP contribution is -2.31. The van der Waals surface area contributed by atoms with Gasteiger partial charge in [-0.2, -0.15) is 0 Å². The van der Waals surface area contributed by atoms with Gasteiger partial charge in [-0.3, -0.25) is 14.5 Å². The van der Waals surface area contributed by atoms with E-state index in [4.69, 9.17) is 0 Å². The fourth-order valence-electron chi connectivity index (χ4n) is 3.12. The smallest absolute Gasteiger partial charge is 0.296 e. The number of hydrogen-bond acceptors (Lipinski definition) is 5. The van der Waals surface area contributed by atoms with E-state index >= 15 is 0 Å². The number of hydrogen-bond donors (Lipinski definition) is 1. The van der Waals surface area contributed by atoms with Crippen molar-refractivity contribution < 1.29 is 19.1 Å². The molecule has 7 heteroatoms. The van der Waals surface area contributed by atoms with Crippen molar-refractivity contribution in [3.05, 3.63) is 71.2 Å². The van der Waals surface area contributed by atoms with Crippen LogP contribution in [0.5, 0.6) is 0 Å². The Bertz CT molecular complexity index is 1060. The molecular weight excluding hydrogens is 355 g/mol. The van der Waals surface area contributed by atoms with Gasteiger partial charge in [0, 0.05) is 5.56 Å². The Hall–Kier alpha value is -3.06. The monoisotopic (exact) mass is 368 g/mol. The van der Waals surface area contributed by atoms with E-state index < -0.39 is 29.3 Å². The fraction of sp³-hybridized carbons (Fsp3) is 0.105. The number of ketones is 1. The van der Waals surface area contributed by atoms with Gasteiger partial charge in [-0.25, -0.2) is 9.37 Å². The summed E-state index contributed by atoms with van der Waals surface area (Å²) < 4.78 is 15.3. The molecular formula is C19H13FN2O3S. The second kappa shape index (κ2) is 6.03. The largest absolute Gasteiger partial charge is 0.503 e. The molecule has 1 atom stereocenters. The summed E-state index contributed by atoms with van der Waals surface area (Å²) >= 11 is 1.24. The van der Waals surface area contributed by atoms with Crippen molar-refractivity contribution in [2.45, 2.75) is 13.0 Å². The summed E-state index contributed by atoms with van der Waals surface area (Å²) in [4.78, 5) is 30.4. The van der Waals surface area contributed by atoms with Gasteiger partial charge < -0.3 is 5.11 Å². The molecule has 3 aromatic rings. The molecule has 26 heavy (non-hydrogen) atoms. The van der Waals surface area contributed by atoms with E-state index in [9.17, 15) is 19.1 Å². The Morgan fingerprint density at radius 1 is 1.19 bits per heavy atom. The van der Waals surface area contributed by atoms with Gasteiger partial charge >= 0.3 is 0 Å². The van der Waals surface area contributed by atoms with Gasteiger partial charge in [0.2, 0.25) is 0 Å². The van der Waals surface area contributed by atoms with Crippen molar-refractivity contribution in [2.75, 3.05) is 4.90 Å². The van der Waals surface area contributed by atoms with Crippen LogP contribution in [-0.4, -0.2) is 21.8 Å². The molecule has 1 amide bonds. The third kappa shape index (κ3) is 2.40. The van der Waals surface area contributed by atoms with Crippen LogP contribution in [0.2, 0.25) is 0 Å². The van der Waals surface area contributed by atoms with Crippen LogP contribution in [0.25, 0.3) is 10.2 Å². The molecule has 1 aliphatic heterocycles. The summed E-state index contributed by atoms with van der Waals surface area (Å²) in [7, 11) is 0. The number of thiazole rings is 1. The molecule has 0 spiro atoms. The highest BCUT2D eigenvalue weighted by Crippen LogP contribution is 2.43. The maximum Gasteiger partial charge on any atom is 0.296 e. The number of amides is 1. The number of anilines is 1. The number of halogens is 1. The highest BCUT2D eigenvalue weighted by Gasteiger charge is 2.45. The molecule has 0 radical (unpaired) electrons. The van der Waals surface area contributed by atoms with Gasteiger partial charge in [0.1, 0.15) is 11.9 Å². The number of rotatable bonds is 3. The average molecular weight is 368 g/mol. The van der Waals surface area contributed by atoms with Crippen LogP contribution in [0.3, 0.4) is 0 Å². The van der Waals surface area contributed by atoms with E-state index in [0.29, 0.717) is 10.6 Å². The normalized spacial score (nSPS) is 17.4. The zero-order valence-electron chi connectivity index (χ0n) is 13.6. The number of aliphatic hydroxyl groups excluding tert-OH is 1. The zero-order chi connectivity index (χ0) is 18.4. The molecule has 1 N–H and O–H groups in total. The van der Waals surface area contributed by atoms with Crippen LogP contribution in [-0.2, 0) is 9.59 Å². The molecule has 1 aromatic heterocycles. The molecule has 0 fully saturated rings. The predicted molar refractivity (Wildman–Crippen MR) is 96.6 cm³/mol. The minimum absolute atomic E-state index is 0.126. The summed E-state index contributed by atoms with van der Waals surface area (Å²) in [6.07, 6.45) is 0. The number of aliphatic hydroxyl groups is 1. The molecule has 0 saturated carbocycles. The van der Waals surface area contributed by atoms with Crippen molar-refractivity contribution in [2.24, 2.45) is 0 Å². The second-order valence-corrected chi connectivity index (χ2v) is 6.89. The summed E-state index contributed by atoms with van der Waals surface area (Å²) in [5, 5.41) is 10.6. The van der Waals surface area contributed by atoms with Crippen LogP contribution in [0, 0.1) is 5.82 Å². The van der Waals surface area contributed by atoms with Gasteiger partial charge in [-0.15, -0.1) is 0 Å². The molecule has 0 aliphatic carbocycles. The Balaban J connectivity index is 1.93. The molecule has 0 bridgehead atoms. The van der Waals surface area contributed by atoms with Crippen molar-refractivity contribution in [1.82, 2.24) is 4.98 Å². The number of carbonyl (C=O) groups excluding carboxylic acids is 2. The third-order valence-electron chi connectivity index (χ3n) is 4.28. The van der Waals surface area contributed by atoms with E-state index in [-0.39, 0.29) is 11.1 Å². The maximum absolute atomic E-state index is 14.5. The first kappa shape index (κ1) is 16.4. The van der Waals surface area contributed by atoms with Crippen LogP contribution < -0.4 is 4.90 Å². The first-order valence-corrected chi connectivity index (χ1v) is 8.68. The molecule has 2 aromatic carbocycles. The first-order valence-electron chi connectivity index (χ1n) is 7.86. The highest BCUT2D eigenvalue weighted by atomic mass is 32.1. The predicted octanol–water partition coefficient (Wildman–Crippen LogP) is 3.92. The van der Waals surface area contributed by atoms with Gasteiger partial charge in [0.15, 0.2) is 16.7 Å². The van der Waals surface area contributed by atoms with E-state index in [0.717, 1.165) is 4.70 Å².